The molecular weight excluding hydrogens is 418 g/mol. The Labute approximate surface area is 182 Å². The van der Waals surface area contributed by atoms with Crippen LogP contribution >= 0.6 is 0 Å². The molecule has 11 heteroatoms. The Hall–Kier alpha value is -4.02. The van der Waals surface area contributed by atoms with Gasteiger partial charge in [-0.05, 0) is 17.4 Å². The van der Waals surface area contributed by atoms with Crippen molar-refractivity contribution in [3.05, 3.63) is 90.6 Å². The average Bonchev–Trinajstić information content (AvgIpc) is 3.14. The van der Waals surface area contributed by atoms with Crippen LogP contribution in [-0.2, 0) is 29.2 Å². The van der Waals surface area contributed by atoms with Gasteiger partial charge in [0.15, 0.2) is 5.82 Å². The molecule has 0 N–H and O–H groups in total. The minimum atomic E-state index is -0.559. The number of aromatic nitrogens is 4. The molecule has 3 aromatic rings. The smallest absolute Gasteiger partial charge is 0.342 e. The molecule has 0 aliphatic carbocycles. The van der Waals surface area contributed by atoms with Crippen molar-refractivity contribution in [3.63, 3.8) is 0 Å². The summed E-state index contributed by atoms with van der Waals surface area (Å²) >= 11 is 0. The first-order valence-electron chi connectivity index (χ1n) is 9.95. The van der Waals surface area contributed by atoms with Crippen molar-refractivity contribution < 1.29 is 14.5 Å². The average molecular weight is 441 g/mol. The first-order valence-corrected chi connectivity index (χ1v) is 9.95. The maximum atomic E-state index is 12.8. The van der Waals surface area contributed by atoms with Crippen LogP contribution < -0.4 is 11.2 Å². The number of aryl methyl sites for hydroxylation is 3. The zero-order valence-corrected chi connectivity index (χ0v) is 17.8. The highest BCUT2D eigenvalue weighted by Gasteiger charge is 2.18. The third kappa shape index (κ3) is 5.17. The zero-order chi connectivity index (χ0) is 23.3. The summed E-state index contributed by atoms with van der Waals surface area (Å²) in [7, 11) is 0. The van der Waals surface area contributed by atoms with E-state index in [2.05, 4.69) is 4.98 Å². The predicted octanol–water partition coefficient (Wildman–Crippen LogP) is 1.41. The summed E-state index contributed by atoms with van der Waals surface area (Å²) in [6.07, 6.45) is 2.49. The molecule has 11 nitrogen and oxygen atoms in total. The van der Waals surface area contributed by atoms with Crippen LogP contribution in [0, 0.1) is 24.0 Å². The summed E-state index contributed by atoms with van der Waals surface area (Å²) in [5.74, 6) is -0.299. The summed E-state index contributed by atoms with van der Waals surface area (Å²) in [5, 5.41) is 11.0. The topological polar surface area (TPSA) is 131 Å². The second-order valence-electron chi connectivity index (χ2n) is 7.21. The Balaban J connectivity index is 1.62. The van der Waals surface area contributed by atoms with E-state index in [0.717, 1.165) is 16.3 Å². The molecule has 2 aromatic heterocycles. The van der Waals surface area contributed by atoms with Crippen LogP contribution in [0.5, 0.6) is 0 Å². The van der Waals surface area contributed by atoms with Gasteiger partial charge in [0.25, 0.3) is 5.56 Å². The monoisotopic (exact) mass is 441 g/mol. The fourth-order valence-corrected chi connectivity index (χ4v) is 3.28. The van der Waals surface area contributed by atoms with Gasteiger partial charge in [0.05, 0.1) is 13.0 Å². The number of nitrogens with zero attached hydrogens (tertiary/aromatic N) is 5. The molecule has 0 saturated carbocycles. The van der Waals surface area contributed by atoms with E-state index in [9.17, 15) is 24.5 Å². The summed E-state index contributed by atoms with van der Waals surface area (Å²) in [5.41, 5.74) is 0.306. The van der Waals surface area contributed by atoms with E-state index in [1.165, 1.54) is 15.3 Å². The molecule has 0 radical (unpaired) electrons. The SMILES string of the molecule is Cc1cn(CCC(=O)OCCn2c([N+](=O)[O-])cnc2C)c(=O)n(Cc2ccccc2)c1=O. The fourth-order valence-electron chi connectivity index (χ4n) is 3.28. The number of nitro groups is 1. The third-order valence-corrected chi connectivity index (χ3v) is 4.95. The number of esters is 1. The van der Waals surface area contributed by atoms with Crippen LogP contribution in [0.15, 0.2) is 52.3 Å². The number of ether oxygens (including phenoxy) is 1. The molecule has 0 unspecified atom stereocenters. The van der Waals surface area contributed by atoms with Gasteiger partial charge in [0, 0.05) is 25.2 Å². The van der Waals surface area contributed by atoms with E-state index in [1.807, 2.05) is 30.3 Å². The highest BCUT2D eigenvalue weighted by atomic mass is 16.6. The van der Waals surface area contributed by atoms with Gasteiger partial charge in [-0.2, -0.15) is 0 Å². The van der Waals surface area contributed by atoms with Crippen molar-refractivity contribution in [2.24, 2.45) is 0 Å². The maximum absolute atomic E-state index is 12.8. The van der Waals surface area contributed by atoms with Gasteiger partial charge in [-0.15, -0.1) is 0 Å². The maximum Gasteiger partial charge on any atom is 0.342 e. The quantitative estimate of drug-likeness (QED) is 0.279. The lowest BCUT2D eigenvalue weighted by molar-refractivity contribution is -0.392. The number of imidazole rings is 1. The van der Waals surface area contributed by atoms with Gasteiger partial charge in [-0.25, -0.2) is 14.3 Å². The van der Waals surface area contributed by atoms with E-state index in [0.29, 0.717) is 11.4 Å². The zero-order valence-electron chi connectivity index (χ0n) is 17.8. The number of benzene rings is 1. The van der Waals surface area contributed by atoms with Crippen LogP contribution in [0.3, 0.4) is 0 Å². The van der Waals surface area contributed by atoms with Crippen molar-refractivity contribution in [1.82, 2.24) is 18.7 Å². The second kappa shape index (κ2) is 9.86. The lowest BCUT2D eigenvalue weighted by atomic mass is 10.2. The van der Waals surface area contributed by atoms with Gasteiger partial charge < -0.3 is 14.9 Å². The molecule has 0 aliphatic rings. The second-order valence-corrected chi connectivity index (χ2v) is 7.21. The number of carbonyl (C=O) groups excluding carboxylic acids is 1. The number of hydrogen-bond acceptors (Lipinski definition) is 7. The van der Waals surface area contributed by atoms with E-state index in [-0.39, 0.29) is 44.0 Å². The molecule has 0 bridgehead atoms. The Bertz CT molecular complexity index is 1240. The Kier molecular flexibility index (Phi) is 6.98. The van der Waals surface area contributed by atoms with Crippen molar-refractivity contribution in [2.75, 3.05) is 6.61 Å². The van der Waals surface area contributed by atoms with E-state index in [4.69, 9.17) is 4.74 Å². The Morgan fingerprint density at radius 2 is 1.84 bits per heavy atom. The lowest BCUT2D eigenvalue weighted by Gasteiger charge is -2.12. The Morgan fingerprint density at radius 1 is 1.12 bits per heavy atom. The van der Waals surface area contributed by atoms with E-state index >= 15 is 0 Å². The molecule has 0 amide bonds. The molecule has 168 valence electrons. The summed E-state index contributed by atoms with van der Waals surface area (Å²) in [6, 6.07) is 9.14. The predicted molar refractivity (Wildman–Crippen MR) is 114 cm³/mol. The molecular formula is C21H23N5O6. The van der Waals surface area contributed by atoms with Crippen LogP contribution in [0.1, 0.15) is 23.4 Å². The Morgan fingerprint density at radius 3 is 2.53 bits per heavy atom. The highest BCUT2D eigenvalue weighted by molar-refractivity contribution is 5.69. The van der Waals surface area contributed by atoms with Crippen molar-refractivity contribution >= 4 is 11.8 Å². The molecule has 0 spiro atoms. The van der Waals surface area contributed by atoms with Crippen LogP contribution in [0.25, 0.3) is 0 Å². The minimum absolute atomic E-state index is 0.0395. The molecule has 0 fully saturated rings. The minimum Gasteiger partial charge on any atom is -0.461 e. The number of carbonyl (C=O) groups is 1. The van der Waals surface area contributed by atoms with Crippen LogP contribution in [-0.4, -0.2) is 36.2 Å². The molecule has 0 saturated heterocycles. The van der Waals surface area contributed by atoms with Crippen molar-refractivity contribution in [3.8, 4) is 0 Å². The largest absolute Gasteiger partial charge is 0.461 e. The molecule has 2 heterocycles. The normalized spacial score (nSPS) is 10.8. The molecule has 0 aliphatic heterocycles. The first kappa shape index (κ1) is 22.7. The molecule has 3 rings (SSSR count). The van der Waals surface area contributed by atoms with E-state index in [1.54, 1.807) is 13.8 Å². The van der Waals surface area contributed by atoms with Gasteiger partial charge in [-0.1, -0.05) is 30.3 Å². The summed E-state index contributed by atoms with van der Waals surface area (Å²) < 4.78 is 8.95. The lowest BCUT2D eigenvalue weighted by Crippen LogP contribution is -2.41. The summed E-state index contributed by atoms with van der Waals surface area (Å²) in [6.45, 7) is 3.42. The molecule has 1 aromatic carbocycles. The number of hydrogen-bond donors (Lipinski definition) is 0. The van der Waals surface area contributed by atoms with Crippen molar-refractivity contribution in [2.45, 2.75) is 39.9 Å². The van der Waals surface area contributed by atoms with Gasteiger partial charge >= 0.3 is 17.5 Å². The first-order chi connectivity index (χ1) is 15.3. The van der Waals surface area contributed by atoms with E-state index < -0.39 is 16.6 Å². The highest BCUT2D eigenvalue weighted by Crippen LogP contribution is 2.13. The van der Waals surface area contributed by atoms with Crippen LogP contribution in [0.2, 0.25) is 0 Å². The van der Waals surface area contributed by atoms with Crippen LogP contribution in [0.4, 0.5) is 5.82 Å². The molecule has 0 atom stereocenters. The van der Waals surface area contributed by atoms with Gasteiger partial charge in [0.2, 0.25) is 0 Å². The van der Waals surface area contributed by atoms with Gasteiger partial charge in [0.1, 0.15) is 19.3 Å². The van der Waals surface area contributed by atoms with Crippen molar-refractivity contribution in [1.29, 1.82) is 0 Å². The molecule has 32 heavy (non-hydrogen) atoms. The number of rotatable bonds is 9. The third-order valence-electron chi connectivity index (χ3n) is 4.95. The summed E-state index contributed by atoms with van der Waals surface area (Å²) in [4.78, 5) is 51.7. The standard InChI is InChI=1S/C21H23N5O6/c1-15-13-23(21(29)25(20(15)28)14-17-6-4-3-5-7-17)9-8-19(27)32-11-10-24-16(2)22-12-18(24)26(30)31/h3-7,12-13H,8-11,14H2,1-2H3. The van der Waals surface area contributed by atoms with Gasteiger partial charge in [-0.3, -0.25) is 18.7 Å². The fraction of sp³-hybridized carbons (Fsp3) is 0.333.